The number of hydrogen-bond donors (Lipinski definition) is 2. The van der Waals surface area contributed by atoms with Crippen LogP contribution in [0.5, 0.6) is 0 Å². The van der Waals surface area contributed by atoms with Gasteiger partial charge in [0.1, 0.15) is 4.88 Å². The Balaban J connectivity index is 1.85. The lowest BCUT2D eigenvalue weighted by Crippen LogP contribution is -2.36. The first-order valence-corrected chi connectivity index (χ1v) is 8.54. The topological polar surface area (TPSA) is 55.1 Å². The Hall–Kier alpha value is -1.07. The second kappa shape index (κ2) is 5.74. The molecule has 0 aliphatic heterocycles. The number of hydrogen-bond acceptors (Lipinski definition) is 3. The standard InChI is InChI=1S/C15H17BrN2OS/c16-9-6-7-11-12(8-9)20-14(13(11)17)15(19)18-10-4-2-1-3-5-10/h6-8,10H,1-5,17H2,(H,18,19). The van der Waals surface area contributed by atoms with E-state index in [0.717, 1.165) is 27.4 Å². The van der Waals surface area contributed by atoms with Crippen molar-refractivity contribution in [1.82, 2.24) is 5.32 Å². The number of thiophene rings is 1. The van der Waals surface area contributed by atoms with Crippen LogP contribution in [0.25, 0.3) is 10.1 Å². The summed E-state index contributed by atoms with van der Waals surface area (Å²) in [6, 6.07) is 6.23. The molecule has 1 aliphatic carbocycles. The maximum atomic E-state index is 12.4. The fourth-order valence-electron chi connectivity index (χ4n) is 2.76. The van der Waals surface area contributed by atoms with Gasteiger partial charge in [0, 0.05) is 20.6 Å². The second-order valence-corrected chi connectivity index (χ2v) is 7.26. The number of nitrogen functional groups attached to an aromatic ring is 1. The molecule has 2 aromatic rings. The van der Waals surface area contributed by atoms with Crippen molar-refractivity contribution in [2.75, 3.05) is 5.73 Å². The summed E-state index contributed by atoms with van der Waals surface area (Å²) in [6.45, 7) is 0. The summed E-state index contributed by atoms with van der Waals surface area (Å²) in [5.41, 5.74) is 6.73. The highest BCUT2D eigenvalue weighted by atomic mass is 79.9. The van der Waals surface area contributed by atoms with Gasteiger partial charge in [-0.05, 0) is 25.0 Å². The molecule has 0 spiro atoms. The number of anilines is 1. The van der Waals surface area contributed by atoms with Crippen LogP contribution < -0.4 is 11.1 Å². The van der Waals surface area contributed by atoms with E-state index in [9.17, 15) is 4.79 Å². The second-order valence-electron chi connectivity index (χ2n) is 5.29. The van der Waals surface area contributed by atoms with Crippen LogP contribution in [0, 0.1) is 0 Å². The van der Waals surface area contributed by atoms with Crippen molar-refractivity contribution in [3.05, 3.63) is 27.5 Å². The molecular weight excluding hydrogens is 336 g/mol. The van der Waals surface area contributed by atoms with Crippen molar-refractivity contribution in [1.29, 1.82) is 0 Å². The quantitative estimate of drug-likeness (QED) is 0.845. The summed E-state index contributed by atoms with van der Waals surface area (Å²) in [5, 5.41) is 4.10. The van der Waals surface area contributed by atoms with Gasteiger partial charge in [-0.3, -0.25) is 4.79 Å². The van der Waals surface area contributed by atoms with Gasteiger partial charge in [-0.25, -0.2) is 0 Å². The first-order valence-electron chi connectivity index (χ1n) is 6.93. The van der Waals surface area contributed by atoms with Crippen LogP contribution in [0.4, 0.5) is 5.69 Å². The van der Waals surface area contributed by atoms with Crippen LogP contribution in [-0.4, -0.2) is 11.9 Å². The minimum absolute atomic E-state index is 0.0216. The molecule has 0 unspecified atom stereocenters. The third-order valence-electron chi connectivity index (χ3n) is 3.84. The Kier molecular flexibility index (Phi) is 3.98. The summed E-state index contributed by atoms with van der Waals surface area (Å²) < 4.78 is 2.05. The van der Waals surface area contributed by atoms with Crippen LogP contribution in [-0.2, 0) is 0 Å². The number of benzene rings is 1. The molecule has 106 valence electrons. The first-order chi connectivity index (χ1) is 9.65. The Labute approximate surface area is 130 Å². The maximum absolute atomic E-state index is 12.4. The molecule has 1 fully saturated rings. The molecule has 1 amide bonds. The molecule has 1 aromatic heterocycles. The van der Waals surface area contributed by atoms with Crippen LogP contribution in [0.15, 0.2) is 22.7 Å². The van der Waals surface area contributed by atoms with Gasteiger partial charge in [-0.2, -0.15) is 0 Å². The molecular formula is C15H17BrN2OS. The average molecular weight is 353 g/mol. The van der Waals surface area contributed by atoms with Gasteiger partial charge in [0.15, 0.2) is 0 Å². The summed E-state index contributed by atoms with van der Waals surface area (Å²) in [7, 11) is 0. The van der Waals surface area contributed by atoms with Crippen molar-refractivity contribution in [3.63, 3.8) is 0 Å². The first kappa shape index (κ1) is 13.9. The van der Waals surface area contributed by atoms with E-state index in [-0.39, 0.29) is 5.91 Å². The van der Waals surface area contributed by atoms with Crippen LogP contribution in [0.2, 0.25) is 0 Å². The van der Waals surface area contributed by atoms with E-state index in [2.05, 4.69) is 21.2 Å². The van der Waals surface area contributed by atoms with E-state index in [1.54, 1.807) is 0 Å². The number of amides is 1. The number of nitrogens with two attached hydrogens (primary N) is 1. The van der Waals surface area contributed by atoms with E-state index in [1.165, 1.54) is 30.6 Å². The Morgan fingerprint density at radius 3 is 2.80 bits per heavy atom. The maximum Gasteiger partial charge on any atom is 0.263 e. The number of rotatable bonds is 2. The minimum Gasteiger partial charge on any atom is -0.397 e. The van der Waals surface area contributed by atoms with Crippen molar-refractivity contribution >= 4 is 48.9 Å². The summed E-state index contributed by atoms with van der Waals surface area (Å²) in [6.07, 6.45) is 5.87. The molecule has 1 saturated carbocycles. The average Bonchev–Trinajstić information content (AvgIpc) is 2.76. The number of halogens is 1. The summed E-state index contributed by atoms with van der Waals surface area (Å²) in [4.78, 5) is 13.0. The number of nitrogens with one attached hydrogen (secondary N) is 1. The molecule has 3 nitrogen and oxygen atoms in total. The van der Waals surface area contributed by atoms with Gasteiger partial charge in [-0.1, -0.05) is 41.3 Å². The van der Waals surface area contributed by atoms with E-state index < -0.39 is 0 Å². The molecule has 0 saturated heterocycles. The van der Waals surface area contributed by atoms with Gasteiger partial charge in [0.05, 0.1) is 5.69 Å². The van der Waals surface area contributed by atoms with Crippen molar-refractivity contribution in [2.24, 2.45) is 0 Å². The zero-order valence-corrected chi connectivity index (χ0v) is 13.5. The molecule has 0 atom stereocenters. The Morgan fingerprint density at radius 2 is 2.05 bits per heavy atom. The normalized spacial score (nSPS) is 16.4. The SMILES string of the molecule is Nc1c(C(=O)NC2CCCCC2)sc2cc(Br)ccc12. The monoisotopic (exact) mass is 352 g/mol. The van der Waals surface area contributed by atoms with Gasteiger partial charge in [-0.15, -0.1) is 11.3 Å². The lowest BCUT2D eigenvalue weighted by molar-refractivity contribution is 0.0933. The third kappa shape index (κ3) is 2.69. The van der Waals surface area contributed by atoms with Gasteiger partial charge in [0.2, 0.25) is 0 Å². The van der Waals surface area contributed by atoms with Crippen LogP contribution >= 0.6 is 27.3 Å². The fraction of sp³-hybridized carbons (Fsp3) is 0.400. The molecule has 3 N–H and O–H groups in total. The predicted molar refractivity (Wildman–Crippen MR) is 88.3 cm³/mol. The van der Waals surface area contributed by atoms with Crippen molar-refractivity contribution in [3.8, 4) is 0 Å². The lowest BCUT2D eigenvalue weighted by Gasteiger charge is -2.22. The summed E-state index contributed by atoms with van der Waals surface area (Å²) >= 11 is 4.92. The highest BCUT2D eigenvalue weighted by molar-refractivity contribution is 9.10. The smallest absolute Gasteiger partial charge is 0.263 e. The number of fused-ring (bicyclic) bond motifs is 1. The fourth-order valence-corrected chi connectivity index (χ4v) is 4.33. The van der Waals surface area contributed by atoms with E-state index in [1.807, 2.05) is 18.2 Å². The third-order valence-corrected chi connectivity index (χ3v) is 5.50. The molecule has 0 bridgehead atoms. The molecule has 1 heterocycles. The lowest BCUT2D eigenvalue weighted by atomic mass is 9.95. The zero-order valence-electron chi connectivity index (χ0n) is 11.1. The Bertz CT molecular complexity index is 647. The highest BCUT2D eigenvalue weighted by Gasteiger charge is 2.20. The van der Waals surface area contributed by atoms with Gasteiger partial charge >= 0.3 is 0 Å². The van der Waals surface area contributed by atoms with E-state index in [0.29, 0.717) is 16.6 Å². The van der Waals surface area contributed by atoms with Gasteiger partial charge in [0.25, 0.3) is 5.91 Å². The largest absolute Gasteiger partial charge is 0.397 e. The Morgan fingerprint density at radius 1 is 1.30 bits per heavy atom. The zero-order chi connectivity index (χ0) is 14.1. The predicted octanol–water partition coefficient (Wildman–Crippen LogP) is 4.31. The molecule has 1 aromatic carbocycles. The highest BCUT2D eigenvalue weighted by Crippen LogP contribution is 2.35. The van der Waals surface area contributed by atoms with E-state index in [4.69, 9.17) is 5.73 Å². The molecule has 20 heavy (non-hydrogen) atoms. The number of carbonyl (C=O) groups excluding carboxylic acids is 1. The van der Waals surface area contributed by atoms with Crippen molar-refractivity contribution < 1.29 is 4.79 Å². The van der Waals surface area contributed by atoms with Crippen LogP contribution in [0.3, 0.4) is 0 Å². The van der Waals surface area contributed by atoms with Gasteiger partial charge < -0.3 is 11.1 Å². The van der Waals surface area contributed by atoms with Crippen LogP contribution in [0.1, 0.15) is 41.8 Å². The molecule has 0 radical (unpaired) electrons. The molecule has 1 aliphatic rings. The number of carbonyl (C=O) groups is 1. The molecule has 3 rings (SSSR count). The van der Waals surface area contributed by atoms with Crippen molar-refractivity contribution in [2.45, 2.75) is 38.1 Å². The minimum atomic E-state index is -0.0216. The summed E-state index contributed by atoms with van der Waals surface area (Å²) in [5.74, 6) is -0.0216. The molecule has 5 heteroatoms. The van der Waals surface area contributed by atoms with E-state index >= 15 is 0 Å².